The highest BCUT2D eigenvalue weighted by Gasteiger charge is 2.39. The maximum absolute atomic E-state index is 13.0. The van der Waals surface area contributed by atoms with E-state index in [1.54, 1.807) is 0 Å². The number of halogens is 1. The maximum atomic E-state index is 13.0. The van der Waals surface area contributed by atoms with Gasteiger partial charge in [0.25, 0.3) is 0 Å². The molecule has 1 saturated heterocycles. The molecule has 0 saturated carbocycles. The van der Waals surface area contributed by atoms with Crippen molar-refractivity contribution in [2.24, 2.45) is 0 Å². The van der Waals surface area contributed by atoms with Gasteiger partial charge in [-0.05, 0) is 18.4 Å². The number of carbonyl (C=O) groups is 1. The van der Waals surface area contributed by atoms with E-state index in [1.165, 1.54) is 0 Å². The van der Waals surface area contributed by atoms with Gasteiger partial charge in [-0.15, -0.1) is 12.4 Å². The number of nitrogens with one attached hydrogen (secondary N) is 1. The van der Waals surface area contributed by atoms with E-state index >= 15 is 0 Å². The lowest BCUT2D eigenvalue weighted by atomic mass is 9.74. The van der Waals surface area contributed by atoms with E-state index in [0.29, 0.717) is 5.91 Å². The number of benzene rings is 1. The van der Waals surface area contributed by atoms with Crippen LogP contribution in [0.1, 0.15) is 32.3 Å². The molecule has 4 heteroatoms. The second kappa shape index (κ2) is 7.65. The molecule has 0 unspecified atom stereocenters. The molecule has 0 radical (unpaired) electrons. The molecule has 0 atom stereocenters. The Hall–Kier alpha value is -1.06. The van der Waals surface area contributed by atoms with Crippen molar-refractivity contribution in [3.63, 3.8) is 0 Å². The van der Waals surface area contributed by atoms with E-state index in [1.807, 2.05) is 23.1 Å². The molecule has 1 aromatic rings. The van der Waals surface area contributed by atoms with Gasteiger partial charge in [-0.3, -0.25) is 4.79 Å². The summed E-state index contributed by atoms with van der Waals surface area (Å²) in [6.07, 6.45) is 1.71. The molecule has 112 valence electrons. The van der Waals surface area contributed by atoms with Crippen molar-refractivity contribution >= 4 is 18.3 Å². The Morgan fingerprint density at radius 2 is 1.70 bits per heavy atom. The zero-order valence-electron chi connectivity index (χ0n) is 12.4. The molecule has 1 fully saturated rings. The van der Waals surface area contributed by atoms with Crippen molar-refractivity contribution in [1.29, 1.82) is 0 Å². The van der Waals surface area contributed by atoms with Crippen molar-refractivity contribution in [2.45, 2.75) is 32.1 Å². The van der Waals surface area contributed by atoms with Crippen molar-refractivity contribution in [2.75, 3.05) is 26.2 Å². The lowest BCUT2D eigenvalue weighted by Crippen LogP contribution is -2.53. The van der Waals surface area contributed by atoms with Crippen molar-refractivity contribution in [1.82, 2.24) is 10.2 Å². The summed E-state index contributed by atoms with van der Waals surface area (Å²) in [5.74, 6) is 0.296. The van der Waals surface area contributed by atoms with Crippen LogP contribution in [0.2, 0.25) is 0 Å². The summed E-state index contributed by atoms with van der Waals surface area (Å²) in [5, 5.41) is 3.30. The lowest BCUT2D eigenvalue weighted by Gasteiger charge is -2.38. The van der Waals surface area contributed by atoms with Gasteiger partial charge in [0.05, 0.1) is 5.41 Å². The molecule has 0 aliphatic carbocycles. The number of carbonyl (C=O) groups excluding carboxylic acids is 1. The van der Waals surface area contributed by atoms with Crippen molar-refractivity contribution in [3.8, 4) is 0 Å². The normalized spacial score (nSPS) is 15.6. The van der Waals surface area contributed by atoms with Crippen molar-refractivity contribution in [3.05, 3.63) is 35.9 Å². The minimum atomic E-state index is -0.349. The first-order valence-electron chi connectivity index (χ1n) is 7.30. The molecule has 3 nitrogen and oxygen atoms in total. The van der Waals surface area contributed by atoms with Gasteiger partial charge in [0.1, 0.15) is 0 Å². The molecule has 1 aromatic carbocycles. The zero-order chi connectivity index (χ0) is 13.7. The number of amides is 1. The molecule has 1 N–H and O–H groups in total. The van der Waals surface area contributed by atoms with Gasteiger partial charge in [-0.1, -0.05) is 44.2 Å². The molecule has 20 heavy (non-hydrogen) atoms. The third-order valence-electron chi connectivity index (χ3n) is 4.35. The van der Waals surface area contributed by atoms with Crippen LogP contribution in [-0.4, -0.2) is 37.0 Å². The Morgan fingerprint density at radius 1 is 1.15 bits per heavy atom. The fourth-order valence-corrected chi connectivity index (χ4v) is 3.01. The fourth-order valence-electron chi connectivity index (χ4n) is 3.01. The van der Waals surface area contributed by atoms with E-state index in [2.05, 4.69) is 31.3 Å². The summed E-state index contributed by atoms with van der Waals surface area (Å²) < 4.78 is 0. The van der Waals surface area contributed by atoms with Gasteiger partial charge in [0, 0.05) is 26.2 Å². The monoisotopic (exact) mass is 296 g/mol. The van der Waals surface area contributed by atoms with Gasteiger partial charge < -0.3 is 10.2 Å². The number of nitrogens with zero attached hydrogens (tertiary/aromatic N) is 1. The number of hydrogen-bond acceptors (Lipinski definition) is 2. The van der Waals surface area contributed by atoms with Gasteiger partial charge >= 0.3 is 0 Å². The summed E-state index contributed by atoms with van der Waals surface area (Å²) in [6, 6.07) is 10.2. The Morgan fingerprint density at radius 3 is 2.20 bits per heavy atom. The summed E-state index contributed by atoms with van der Waals surface area (Å²) >= 11 is 0. The first-order chi connectivity index (χ1) is 9.24. The van der Waals surface area contributed by atoms with Crippen LogP contribution in [0.25, 0.3) is 0 Å². The Balaban J connectivity index is 0.00000200. The first kappa shape index (κ1) is 17.0. The molecule has 1 aliphatic heterocycles. The van der Waals surface area contributed by atoms with E-state index in [0.717, 1.165) is 44.6 Å². The van der Waals surface area contributed by atoms with Crippen LogP contribution in [0.4, 0.5) is 0 Å². The van der Waals surface area contributed by atoms with E-state index in [4.69, 9.17) is 0 Å². The summed E-state index contributed by atoms with van der Waals surface area (Å²) in [4.78, 5) is 15.0. The van der Waals surface area contributed by atoms with Crippen LogP contribution in [0.5, 0.6) is 0 Å². The number of piperazine rings is 1. The maximum Gasteiger partial charge on any atom is 0.233 e. The predicted octanol–water partition coefficient (Wildman–Crippen LogP) is 2.60. The van der Waals surface area contributed by atoms with Crippen LogP contribution in [0.3, 0.4) is 0 Å². The molecule has 1 amide bonds. The second-order valence-electron chi connectivity index (χ2n) is 5.20. The van der Waals surface area contributed by atoms with Gasteiger partial charge in [0.15, 0.2) is 0 Å². The van der Waals surface area contributed by atoms with E-state index in [9.17, 15) is 4.79 Å². The molecule has 0 spiro atoms. The quantitative estimate of drug-likeness (QED) is 0.926. The smallest absolute Gasteiger partial charge is 0.233 e. The van der Waals surface area contributed by atoms with Gasteiger partial charge in [0.2, 0.25) is 5.91 Å². The summed E-state index contributed by atoms with van der Waals surface area (Å²) in [6.45, 7) is 7.71. The van der Waals surface area contributed by atoms with Crippen molar-refractivity contribution < 1.29 is 4.79 Å². The topological polar surface area (TPSA) is 32.3 Å². The second-order valence-corrected chi connectivity index (χ2v) is 5.20. The van der Waals surface area contributed by atoms with E-state index < -0.39 is 0 Å². The Labute approximate surface area is 128 Å². The third-order valence-corrected chi connectivity index (χ3v) is 4.35. The lowest BCUT2D eigenvalue weighted by molar-refractivity contribution is -0.138. The summed E-state index contributed by atoms with van der Waals surface area (Å²) in [5.41, 5.74) is 0.807. The largest absolute Gasteiger partial charge is 0.339 e. The molecule has 1 aliphatic rings. The van der Waals surface area contributed by atoms with Crippen LogP contribution < -0.4 is 5.32 Å². The van der Waals surface area contributed by atoms with Crippen LogP contribution in [-0.2, 0) is 10.2 Å². The number of hydrogen-bond donors (Lipinski definition) is 1. The standard InChI is InChI=1S/C16H24N2O.ClH/c1-3-16(4-2,14-8-6-5-7-9-14)15(19)18-12-10-17-11-13-18;/h5-9,17H,3-4,10-13H2,1-2H3;1H. The predicted molar refractivity (Wildman–Crippen MR) is 85.4 cm³/mol. The average Bonchev–Trinajstić information content (AvgIpc) is 2.51. The van der Waals surface area contributed by atoms with E-state index in [-0.39, 0.29) is 17.8 Å². The van der Waals surface area contributed by atoms with Crippen LogP contribution in [0.15, 0.2) is 30.3 Å². The Kier molecular flexibility index (Phi) is 6.50. The number of rotatable bonds is 4. The highest BCUT2D eigenvalue weighted by atomic mass is 35.5. The third kappa shape index (κ3) is 3.15. The zero-order valence-corrected chi connectivity index (χ0v) is 13.2. The fraction of sp³-hybridized carbons (Fsp3) is 0.562. The van der Waals surface area contributed by atoms with Gasteiger partial charge in [-0.2, -0.15) is 0 Å². The highest BCUT2D eigenvalue weighted by Crippen LogP contribution is 2.33. The first-order valence-corrected chi connectivity index (χ1v) is 7.30. The summed E-state index contributed by atoms with van der Waals surface area (Å²) in [7, 11) is 0. The molecule has 1 heterocycles. The van der Waals surface area contributed by atoms with Crippen LogP contribution in [0, 0.1) is 0 Å². The molecule has 0 bridgehead atoms. The minimum Gasteiger partial charge on any atom is -0.339 e. The molecular weight excluding hydrogens is 272 g/mol. The Bertz CT molecular complexity index is 412. The average molecular weight is 297 g/mol. The molecule has 2 rings (SSSR count). The highest BCUT2D eigenvalue weighted by molar-refractivity contribution is 5.88. The van der Waals surface area contributed by atoms with Gasteiger partial charge in [-0.25, -0.2) is 0 Å². The van der Waals surface area contributed by atoms with Crippen LogP contribution >= 0.6 is 12.4 Å². The molecule has 0 aromatic heterocycles. The SMILES string of the molecule is CCC(CC)(C(=O)N1CCNCC1)c1ccccc1.Cl. The minimum absolute atomic E-state index is 0. The molecular formula is C16H25ClN2O.